The van der Waals surface area contributed by atoms with Gasteiger partial charge in [-0.15, -0.1) is 0 Å². The standard InChI is InChI=1S/C34H45N7O5/c1-20(2)15-29(40-31(42)25(36)16-21-18-37-26-11-5-3-9-23(21)26)33(44)39-28(13-7-8-14-35)32(43)41-30(34(45)46)17-22-19-38-27-12-6-4-10-24(22)27/h3-6,9-12,18-20,25,28-30,37-38H,7-8,13-17,35-36H2,1-2H3,(H,39,44)(H,40,42)(H,41,43)(H,45,46). The number of nitrogens with two attached hydrogens (primary N) is 2. The number of benzene rings is 2. The zero-order valence-corrected chi connectivity index (χ0v) is 26.3. The van der Waals surface area contributed by atoms with Crippen LogP contribution in [0.25, 0.3) is 21.8 Å². The average molecular weight is 632 g/mol. The van der Waals surface area contributed by atoms with Crippen molar-refractivity contribution in [1.29, 1.82) is 0 Å². The Balaban J connectivity index is 1.44. The summed E-state index contributed by atoms with van der Waals surface area (Å²) in [6.07, 6.45) is 5.58. The van der Waals surface area contributed by atoms with Crippen LogP contribution in [0.1, 0.15) is 50.7 Å². The second-order valence-corrected chi connectivity index (χ2v) is 12.2. The number of hydrogen-bond donors (Lipinski definition) is 8. The topological polar surface area (TPSA) is 208 Å². The Morgan fingerprint density at radius 2 is 1.26 bits per heavy atom. The number of amides is 3. The molecule has 0 saturated heterocycles. The highest BCUT2D eigenvalue weighted by Gasteiger charge is 2.31. The largest absolute Gasteiger partial charge is 0.480 e. The molecule has 4 aromatic rings. The van der Waals surface area contributed by atoms with E-state index >= 15 is 0 Å². The van der Waals surface area contributed by atoms with Gasteiger partial charge in [-0.3, -0.25) is 14.4 Å². The fraction of sp³-hybridized carbons (Fsp3) is 0.412. The van der Waals surface area contributed by atoms with Gasteiger partial charge in [0.2, 0.25) is 17.7 Å². The number of carboxylic acid groups (broad SMARTS) is 1. The predicted molar refractivity (Wildman–Crippen MR) is 178 cm³/mol. The smallest absolute Gasteiger partial charge is 0.326 e. The second-order valence-electron chi connectivity index (χ2n) is 12.2. The van der Waals surface area contributed by atoms with Crippen molar-refractivity contribution in [3.05, 3.63) is 72.1 Å². The van der Waals surface area contributed by atoms with Crippen molar-refractivity contribution in [3.63, 3.8) is 0 Å². The van der Waals surface area contributed by atoms with E-state index in [1.165, 1.54) is 0 Å². The van der Waals surface area contributed by atoms with Crippen LogP contribution in [0.2, 0.25) is 0 Å². The molecule has 3 amide bonds. The molecular formula is C34H45N7O5. The molecule has 0 aliphatic rings. The summed E-state index contributed by atoms with van der Waals surface area (Å²) in [5.41, 5.74) is 15.4. The quantitative estimate of drug-likeness (QED) is 0.0816. The molecule has 2 aromatic carbocycles. The molecule has 0 aliphatic carbocycles. The Morgan fingerprint density at radius 3 is 1.83 bits per heavy atom. The highest BCUT2D eigenvalue weighted by atomic mass is 16.4. The summed E-state index contributed by atoms with van der Waals surface area (Å²) in [6, 6.07) is 11.1. The average Bonchev–Trinajstić information content (AvgIpc) is 3.63. The van der Waals surface area contributed by atoms with Crippen molar-refractivity contribution in [3.8, 4) is 0 Å². The van der Waals surface area contributed by atoms with Gasteiger partial charge in [-0.05, 0) is 67.8 Å². The summed E-state index contributed by atoms with van der Waals surface area (Å²) >= 11 is 0. The van der Waals surface area contributed by atoms with Crippen molar-refractivity contribution in [2.75, 3.05) is 6.54 Å². The molecule has 2 aromatic heterocycles. The van der Waals surface area contributed by atoms with Gasteiger partial charge in [-0.1, -0.05) is 50.2 Å². The van der Waals surface area contributed by atoms with Crippen molar-refractivity contribution >= 4 is 45.5 Å². The number of unbranched alkanes of at least 4 members (excludes halogenated alkanes) is 1. The van der Waals surface area contributed by atoms with Crippen LogP contribution in [0.4, 0.5) is 0 Å². The van der Waals surface area contributed by atoms with Crippen molar-refractivity contribution in [2.24, 2.45) is 17.4 Å². The molecule has 2 heterocycles. The number of fused-ring (bicyclic) bond motifs is 2. The van der Waals surface area contributed by atoms with E-state index in [0.717, 1.165) is 32.9 Å². The first-order valence-corrected chi connectivity index (χ1v) is 15.8. The third-order valence-corrected chi connectivity index (χ3v) is 8.09. The summed E-state index contributed by atoms with van der Waals surface area (Å²) in [7, 11) is 0. The minimum absolute atomic E-state index is 0.0398. The Labute approximate surface area is 268 Å². The second kappa shape index (κ2) is 16.1. The molecule has 46 heavy (non-hydrogen) atoms. The number of carbonyl (C=O) groups excluding carboxylic acids is 3. The molecule has 246 valence electrons. The first-order valence-electron chi connectivity index (χ1n) is 15.8. The van der Waals surface area contributed by atoms with Gasteiger partial charge < -0.3 is 42.5 Å². The van der Waals surface area contributed by atoms with Gasteiger partial charge in [0.15, 0.2) is 0 Å². The summed E-state index contributed by atoms with van der Waals surface area (Å²) in [5.74, 6) is -2.81. The molecule has 4 rings (SSSR count). The fourth-order valence-corrected chi connectivity index (χ4v) is 5.64. The third-order valence-electron chi connectivity index (χ3n) is 8.09. The van der Waals surface area contributed by atoms with Crippen molar-refractivity contribution in [2.45, 2.75) is 76.5 Å². The number of nitrogens with one attached hydrogen (secondary N) is 5. The minimum atomic E-state index is -1.23. The lowest BCUT2D eigenvalue weighted by Gasteiger charge is -2.26. The van der Waals surface area contributed by atoms with E-state index in [9.17, 15) is 24.3 Å². The van der Waals surface area contributed by atoms with E-state index < -0.39 is 47.9 Å². The lowest BCUT2D eigenvalue weighted by Crippen LogP contribution is -2.57. The van der Waals surface area contributed by atoms with Gasteiger partial charge in [0.05, 0.1) is 6.04 Å². The zero-order valence-electron chi connectivity index (χ0n) is 26.3. The Bertz CT molecular complexity index is 1640. The molecule has 10 N–H and O–H groups in total. The lowest BCUT2D eigenvalue weighted by molar-refractivity contribution is -0.142. The summed E-state index contributed by atoms with van der Waals surface area (Å²) in [5, 5.41) is 20.0. The van der Waals surface area contributed by atoms with E-state index in [2.05, 4.69) is 25.9 Å². The molecule has 0 radical (unpaired) electrons. The fourth-order valence-electron chi connectivity index (χ4n) is 5.64. The number of aromatic amines is 2. The Hall–Kier alpha value is -4.68. The van der Waals surface area contributed by atoms with E-state index in [-0.39, 0.29) is 25.2 Å². The van der Waals surface area contributed by atoms with Gasteiger partial charge in [0.25, 0.3) is 0 Å². The molecule has 0 bridgehead atoms. The van der Waals surface area contributed by atoms with Crippen LogP contribution >= 0.6 is 0 Å². The molecule has 4 atom stereocenters. The minimum Gasteiger partial charge on any atom is -0.480 e. The highest BCUT2D eigenvalue weighted by molar-refractivity contribution is 5.94. The number of H-pyrrole nitrogens is 2. The Kier molecular flexibility index (Phi) is 11.9. The summed E-state index contributed by atoms with van der Waals surface area (Å²) in [4.78, 5) is 58.8. The van der Waals surface area contributed by atoms with Gasteiger partial charge in [0.1, 0.15) is 18.1 Å². The van der Waals surface area contributed by atoms with E-state index in [1.54, 1.807) is 6.20 Å². The van der Waals surface area contributed by atoms with E-state index in [4.69, 9.17) is 11.5 Å². The van der Waals surface area contributed by atoms with Gasteiger partial charge >= 0.3 is 5.97 Å². The van der Waals surface area contributed by atoms with Crippen LogP contribution in [0.5, 0.6) is 0 Å². The van der Waals surface area contributed by atoms with E-state index in [0.29, 0.717) is 25.8 Å². The van der Waals surface area contributed by atoms with Crippen LogP contribution in [-0.2, 0) is 32.0 Å². The number of carbonyl (C=O) groups is 4. The number of hydrogen-bond acceptors (Lipinski definition) is 6. The molecule has 0 spiro atoms. The molecule has 0 aliphatic heterocycles. The first-order chi connectivity index (χ1) is 22.1. The number of carboxylic acids is 1. The van der Waals surface area contributed by atoms with Crippen LogP contribution in [0.15, 0.2) is 60.9 Å². The summed E-state index contributed by atoms with van der Waals surface area (Å²) in [6.45, 7) is 4.25. The number of rotatable bonds is 17. The lowest BCUT2D eigenvalue weighted by atomic mass is 10.00. The predicted octanol–water partition coefficient (Wildman–Crippen LogP) is 2.48. The normalized spacial score (nSPS) is 14.1. The molecule has 0 fully saturated rings. The molecule has 12 heteroatoms. The van der Waals surface area contributed by atoms with Crippen LogP contribution in [-0.4, -0.2) is 69.5 Å². The summed E-state index contributed by atoms with van der Waals surface area (Å²) < 4.78 is 0. The third kappa shape index (κ3) is 8.95. The highest BCUT2D eigenvalue weighted by Crippen LogP contribution is 2.20. The number of aromatic nitrogens is 2. The van der Waals surface area contributed by atoms with Gasteiger partial charge in [-0.25, -0.2) is 4.79 Å². The molecular weight excluding hydrogens is 586 g/mol. The van der Waals surface area contributed by atoms with Gasteiger partial charge in [-0.2, -0.15) is 0 Å². The number of para-hydroxylation sites is 2. The Morgan fingerprint density at radius 1 is 0.739 bits per heavy atom. The molecule has 12 nitrogen and oxygen atoms in total. The zero-order chi connectivity index (χ0) is 33.2. The monoisotopic (exact) mass is 631 g/mol. The van der Waals surface area contributed by atoms with Crippen molar-refractivity contribution in [1.82, 2.24) is 25.9 Å². The maximum absolute atomic E-state index is 13.6. The SMILES string of the molecule is CC(C)CC(NC(=O)C(N)Cc1c[nH]c2ccccc12)C(=O)NC(CCCCN)C(=O)NC(Cc1c[nH]c2ccccc12)C(=O)O. The van der Waals surface area contributed by atoms with Crippen LogP contribution in [0, 0.1) is 5.92 Å². The van der Waals surface area contributed by atoms with Crippen molar-refractivity contribution < 1.29 is 24.3 Å². The van der Waals surface area contributed by atoms with Crippen LogP contribution < -0.4 is 27.4 Å². The number of aliphatic carboxylic acids is 1. The maximum atomic E-state index is 13.6. The maximum Gasteiger partial charge on any atom is 0.326 e. The molecule has 0 saturated carbocycles. The molecule has 4 unspecified atom stereocenters. The first kappa shape index (κ1) is 34.2. The van der Waals surface area contributed by atoms with Crippen LogP contribution in [0.3, 0.4) is 0 Å². The van der Waals surface area contributed by atoms with E-state index in [1.807, 2.05) is 68.6 Å². The van der Waals surface area contributed by atoms with Gasteiger partial charge in [0, 0.05) is 40.6 Å².